The maximum atomic E-state index is 11.2. The fourth-order valence-corrected chi connectivity index (χ4v) is 5.30. The Morgan fingerprint density at radius 3 is 2.71 bits per heavy atom. The molecule has 0 spiro atoms. The first-order valence-corrected chi connectivity index (χ1v) is 12.2. The highest BCUT2D eigenvalue weighted by Crippen LogP contribution is 2.46. The van der Waals surface area contributed by atoms with Crippen molar-refractivity contribution in [2.24, 2.45) is 5.92 Å². The minimum Gasteiger partial charge on any atom is -0.456 e. The van der Waals surface area contributed by atoms with Crippen molar-refractivity contribution in [2.75, 3.05) is 30.0 Å². The molecule has 1 aliphatic heterocycles. The SMILES string of the molecule is Cc1csc(Nc2cc(C3(OC=O)CCC3)ccc2N(CC(C)C)C2CCOCC2)n1. The average molecular weight is 444 g/mol. The van der Waals surface area contributed by atoms with Gasteiger partial charge in [-0.15, -0.1) is 11.3 Å². The maximum Gasteiger partial charge on any atom is 0.293 e. The Balaban J connectivity index is 1.74. The van der Waals surface area contributed by atoms with E-state index >= 15 is 0 Å². The second-order valence-electron chi connectivity index (χ2n) is 9.10. The van der Waals surface area contributed by atoms with Gasteiger partial charge in [0.05, 0.1) is 17.1 Å². The Hall–Kier alpha value is -2.12. The van der Waals surface area contributed by atoms with Crippen molar-refractivity contribution in [2.45, 2.75) is 64.5 Å². The van der Waals surface area contributed by atoms with Gasteiger partial charge in [-0.2, -0.15) is 0 Å². The highest BCUT2D eigenvalue weighted by atomic mass is 32.1. The Morgan fingerprint density at radius 1 is 1.35 bits per heavy atom. The third-order valence-electron chi connectivity index (χ3n) is 6.32. The van der Waals surface area contributed by atoms with Crippen LogP contribution in [0.1, 0.15) is 57.2 Å². The van der Waals surface area contributed by atoms with E-state index in [9.17, 15) is 4.79 Å². The summed E-state index contributed by atoms with van der Waals surface area (Å²) in [6, 6.07) is 6.96. The van der Waals surface area contributed by atoms with Gasteiger partial charge in [0.25, 0.3) is 6.47 Å². The van der Waals surface area contributed by atoms with Crippen molar-refractivity contribution in [1.29, 1.82) is 0 Å². The molecule has 7 heteroatoms. The van der Waals surface area contributed by atoms with Gasteiger partial charge in [0.2, 0.25) is 0 Å². The number of ether oxygens (including phenoxy) is 2. The van der Waals surface area contributed by atoms with Crippen molar-refractivity contribution in [3.63, 3.8) is 0 Å². The summed E-state index contributed by atoms with van der Waals surface area (Å²) in [5, 5.41) is 6.52. The molecular weight excluding hydrogens is 410 g/mol. The first kappa shape index (κ1) is 22.1. The summed E-state index contributed by atoms with van der Waals surface area (Å²) in [7, 11) is 0. The van der Waals surface area contributed by atoms with Crippen LogP contribution < -0.4 is 10.2 Å². The monoisotopic (exact) mass is 443 g/mol. The molecule has 2 aliphatic rings. The normalized spacial score (nSPS) is 18.5. The Labute approximate surface area is 189 Å². The second-order valence-corrected chi connectivity index (χ2v) is 9.96. The third kappa shape index (κ3) is 4.88. The Bertz CT molecular complexity index is 888. The topological polar surface area (TPSA) is 63.7 Å². The molecule has 0 amide bonds. The van der Waals surface area contributed by atoms with E-state index in [1.807, 2.05) is 6.92 Å². The lowest BCUT2D eigenvalue weighted by atomic mass is 9.74. The molecule has 0 unspecified atom stereocenters. The van der Waals surface area contributed by atoms with Gasteiger partial charge in [-0.3, -0.25) is 4.79 Å². The summed E-state index contributed by atoms with van der Waals surface area (Å²) < 4.78 is 11.2. The van der Waals surface area contributed by atoms with Gasteiger partial charge in [0, 0.05) is 31.2 Å². The number of carbonyl (C=O) groups is 1. The third-order valence-corrected chi connectivity index (χ3v) is 7.20. The van der Waals surface area contributed by atoms with Crippen LogP contribution >= 0.6 is 11.3 Å². The fourth-order valence-electron chi connectivity index (χ4n) is 4.60. The zero-order valence-electron chi connectivity index (χ0n) is 18.7. The van der Waals surface area contributed by atoms with Crippen LogP contribution in [0, 0.1) is 12.8 Å². The van der Waals surface area contributed by atoms with Crippen LogP contribution in [-0.4, -0.2) is 37.3 Å². The molecule has 1 aromatic carbocycles. The van der Waals surface area contributed by atoms with E-state index < -0.39 is 5.60 Å². The number of aromatic nitrogens is 1. The minimum absolute atomic E-state index is 0.449. The number of hydrogen-bond donors (Lipinski definition) is 1. The first-order valence-electron chi connectivity index (χ1n) is 11.3. The molecule has 6 nitrogen and oxygen atoms in total. The molecule has 168 valence electrons. The smallest absolute Gasteiger partial charge is 0.293 e. The molecular formula is C24H33N3O3S. The van der Waals surface area contributed by atoms with Gasteiger partial charge in [-0.1, -0.05) is 19.9 Å². The minimum atomic E-state index is -0.489. The number of benzene rings is 1. The summed E-state index contributed by atoms with van der Waals surface area (Å²) in [6.07, 6.45) is 4.88. The number of rotatable bonds is 9. The van der Waals surface area contributed by atoms with Gasteiger partial charge >= 0.3 is 0 Å². The number of carbonyl (C=O) groups excluding carboxylic acids is 1. The molecule has 2 fully saturated rings. The zero-order chi connectivity index (χ0) is 21.8. The molecule has 0 atom stereocenters. The summed E-state index contributed by atoms with van der Waals surface area (Å²) in [5.41, 5.74) is 3.78. The molecule has 0 bridgehead atoms. The van der Waals surface area contributed by atoms with Gasteiger partial charge < -0.3 is 19.7 Å². The Morgan fingerprint density at radius 2 is 2.13 bits per heavy atom. The molecule has 31 heavy (non-hydrogen) atoms. The molecule has 1 aromatic heterocycles. The molecule has 1 aliphatic carbocycles. The van der Waals surface area contributed by atoms with Crippen molar-refractivity contribution >= 4 is 34.3 Å². The molecule has 0 radical (unpaired) electrons. The van der Waals surface area contributed by atoms with E-state index in [-0.39, 0.29) is 0 Å². The largest absolute Gasteiger partial charge is 0.456 e. The predicted molar refractivity (Wildman–Crippen MR) is 125 cm³/mol. The molecule has 1 N–H and O–H groups in total. The quantitative estimate of drug-likeness (QED) is 0.524. The number of nitrogens with zero attached hydrogens (tertiary/aromatic N) is 2. The van der Waals surface area contributed by atoms with Crippen molar-refractivity contribution in [3.05, 3.63) is 34.8 Å². The highest BCUT2D eigenvalue weighted by Gasteiger charge is 2.41. The number of nitrogens with one attached hydrogen (secondary N) is 1. The lowest BCUT2D eigenvalue weighted by Crippen LogP contribution is -2.42. The first-order chi connectivity index (χ1) is 15.0. The molecule has 1 saturated heterocycles. The Kier molecular flexibility index (Phi) is 6.82. The van der Waals surface area contributed by atoms with Crippen molar-refractivity contribution in [3.8, 4) is 0 Å². The van der Waals surface area contributed by atoms with Crippen molar-refractivity contribution in [1.82, 2.24) is 4.98 Å². The van der Waals surface area contributed by atoms with Crippen LogP contribution in [0.25, 0.3) is 0 Å². The van der Waals surface area contributed by atoms with Gasteiger partial charge in [-0.25, -0.2) is 4.98 Å². The standard InChI is InChI=1S/C24H33N3O3S/c1-17(2)14-27(20-7-11-29-12-8-20)22-6-5-19(24(30-16-28)9-4-10-24)13-21(22)26-23-25-18(3)15-31-23/h5-6,13,15-17,20H,4,7-12,14H2,1-3H3,(H,25,26). The van der Waals surface area contributed by atoms with E-state index in [1.54, 1.807) is 11.3 Å². The lowest BCUT2D eigenvalue weighted by Gasteiger charge is -2.42. The average Bonchev–Trinajstić information content (AvgIpc) is 3.14. The fraction of sp³-hybridized carbons (Fsp3) is 0.583. The predicted octanol–water partition coefficient (Wildman–Crippen LogP) is 5.39. The summed E-state index contributed by atoms with van der Waals surface area (Å²) in [5.74, 6) is 0.536. The maximum absolute atomic E-state index is 11.2. The summed E-state index contributed by atoms with van der Waals surface area (Å²) >= 11 is 1.61. The molecule has 2 aromatic rings. The number of hydrogen-bond acceptors (Lipinski definition) is 7. The van der Waals surface area contributed by atoms with Crippen LogP contribution in [0.15, 0.2) is 23.6 Å². The molecule has 1 saturated carbocycles. The van der Waals surface area contributed by atoms with Crippen LogP contribution in [0.3, 0.4) is 0 Å². The van der Waals surface area contributed by atoms with Crippen molar-refractivity contribution < 1.29 is 14.3 Å². The second kappa shape index (κ2) is 9.57. The number of anilines is 3. The summed E-state index contributed by atoms with van der Waals surface area (Å²) in [4.78, 5) is 18.4. The number of aryl methyl sites for hydroxylation is 1. The van der Waals surface area contributed by atoms with Crippen LogP contribution in [0.2, 0.25) is 0 Å². The summed E-state index contributed by atoms with van der Waals surface area (Å²) in [6.45, 7) is 9.72. The van der Waals surface area contributed by atoms with Gasteiger partial charge in [0.1, 0.15) is 5.60 Å². The lowest BCUT2D eigenvalue weighted by molar-refractivity contribution is -0.155. The molecule has 2 heterocycles. The van der Waals surface area contributed by atoms with Gasteiger partial charge in [-0.05, 0) is 62.6 Å². The van der Waals surface area contributed by atoms with E-state index in [0.717, 1.165) is 73.9 Å². The van der Waals surface area contributed by atoms with Gasteiger partial charge in [0.15, 0.2) is 5.13 Å². The van der Waals surface area contributed by atoms with E-state index in [1.165, 1.54) is 5.69 Å². The van der Waals surface area contributed by atoms with Crippen LogP contribution in [-0.2, 0) is 19.9 Å². The molecule has 4 rings (SSSR count). The van der Waals surface area contributed by atoms with Crippen LogP contribution in [0.4, 0.5) is 16.5 Å². The number of thiazole rings is 1. The van der Waals surface area contributed by atoms with E-state index in [0.29, 0.717) is 18.4 Å². The zero-order valence-corrected chi connectivity index (χ0v) is 19.5. The van der Waals surface area contributed by atoms with Crippen LogP contribution in [0.5, 0.6) is 0 Å². The van der Waals surface area contributed by atoms with E-state index in [4.69, 9.17) is 9.47 Å². The highest BCUT2D eigenvalue weighted by molar-refractivity contribution is 7.13. The van der Waals surface area contributed by atoms with E-state index in [2.05, 4.69) is 52.6 Å².